The molecule has 19 heavy (non-hydrogen) atoms. The summed E-state index contributed by atoms with van der Waals surface area (Å²) in [6.07, 6.45) is 4.37. The molecule has 0 amide bonds. The van der Waals surface area contributed by atoms with Gasteiger partial charge in [0.1, 0.15) is 0 Å². The molecule has 0 spiro atoms. The second-order valence-electron chi connectivity index (χ2n) is 5.55. The molecule has 0 saturated carbocycles. The number of hydrogen-bond donors (Lipinski definition) is 2. The highest BCUT2D eigenvalue weighted by molar-refractivity contribution is 7.87. The van der Waals surface area contributed by atoms with Gasteiger partial charge in [-0.1, -0.05) is 20.8 Å². The van der Waals surface area contributed by atoms with Crippen molar-refractivity contribution in [3.05, 3.63) is 0 Å². The summed E-state index contributed by atoms with van der Waals surface area (Å²) in [6.45, 7) is 7.84. The Morgan fingerprint density at radius 2 is 1.84 bits per heavy atom. The molecule has 3 N–H and O–H groups in total. The number of nitrogens with zero attached hydrogens (tertiary/aromatic N) is 1. The Bertz CT molecular complexity index is 358. The largest absolute Gasteiger partial charge is 0.330 e. The fraction of sp³-hybridized carbons (Fsp3) is 1.00. The zero-order valence-corrected chi connectivity index (χ0v) is 13.3. The normalized spacial score (nSPS) is 22.6. The first kappa shape index (κ1) is 16.9. The van der Waals surface area contributed by atoms with Gasteiger partial charge in [-0.15, -0.1) is 0 Å². The molecule has 0 aromatic carbocycles. The number of hydrogen-bond acceptors (Lipinski definition) is 3. The van der Waals surface area contributed by atoms with E-state index in [9.17, 15) is 8.42 Å². The molecule has 1 unspecified atom stereocenters. The maximum absolute atomic E-state index is 12.5. The van der Waals surface area contributed by atoms with Crippen molar-refractivity contribution in [3.63, 3.8) is 0 Å². The highest BCUT2D eigenvalue weighted by Crippen LogP contribution is 2.23. The molecule has 0 aromatic heterocycles. The van der Waals surface area contributed by atoms with E-state index in [1.165, 1.54) is 0 Å². The second-order valence-corrected chi connectivity index (χ2v) is 7.22. The van der Waals surface area contributed by atoms with Crippen LogP contribution in [0.1, 0.15) is 52.9 Å². The first-order valence-electron chi connectivity index (χ1n) is 7.42. The second kappa shape index (κ2) is 7.02. The molecular weight excluding hydrogens is 262 g/mol. The van der Waals surface area contributed by atoms with E-state index in [1.54, 1.807) is 4.31 Å². The van der Waals surface area contributed by atoms with Gasteiger partial charge in [0.2, 0.25) is 0 Å². The van der Waals surface area contributed by atoms with Crippen molar-refractivity contribution < 1.29 is 8.42 Å². The van der Waals surface area contributed by atoms with Gasteiger partial charge >= 0.3 is 0 Å². The average Bonchev–Trinajstić information content (AvgIpc) is 2.45. The monoisotopic (exact) mass is 291 g/mol. The Morgan fingerprint density at radius 3 is 2.32 bits per heavy atom. The molecule has 0 aliphatic carbocycles. The van der Waals surface area contributed by atoms with Crippen molar-refractivity contribution in [2.75, 3.05) is 19.6 Å². The minimum absolute atomic E-state index is 0.296. The van der Waals surface area contributed by atoms with Crippen LogP contribution in [-0.4, -0.2) is 37.9 Å². The third kappa shape index (κ3) is 4.15. The zero-order valence-electron chi connectivity index (χ0n) is 12.5. The van der Waals surface area contributed by atoms with Crippen molar-refractivity contribution in [3.8, 4) is 0 Å². The Balaban J connectivity index is 2.80. The van der Waals surface area contributed by atoms with Crippen molar-refractivity contribution in [1.29, 1.82) is 0 Å². The van der Waals surface area contributed by atoms with Crippen LogP contribution in [0.15, 0.2) is 0 Å². The molecule has 1 fully saturated rings. The topological polar surface area (TPSA) is 75.4 Å². The van der Waals surface area contributed by atoms with Crippen molar-refractivity contribution in [2.45, 2.75) is 58.4 Å². The fourth-order valence-corrected chi connectivity index (χ4v) is 4.63. The maximum atomic E-state index is 12.5. The van der Waals surface area contributed by atoms with Crippen molar-refractivity contribution in [2.24, 2.45) is 11.7 Å². The van der Waals surface area contributed by atoms with E-state index in [2.05, 4.69) is 4.72 Å². The van der Waals surface area contributed by atoms with E-state index in [0.29, 0.717) is 25.6 Å². The summed E-state index contributed by atoms with van der Waals surface area (Å²) in [5.74, 6) is 0.296. The molecule has 0 bridgehead atoms. The highest BCUT2D eigenvalue weighted by Gasteiger charge is 2.35. The molecule has 5 nitrogen and oxygen atoms in total. The highest BCUT2D eigenvalue weighted by atomic mass is 32.2. The van der Waals surface area contributed by atoms with Gasteiger partial charge in [-0.3, -0.25) is 0 Å². The Kier molecular flexibility index (Phi) is 6.23. The van der Waals surface area contributed by atoms with E-state index in [-0.39, 0.29) is 5.54 Å². The average molecular weight is 291 g/mol. The van der Waals surface area contributed by atoms with Crippen LogP contribution in [0, 0.1) is 5.92 Å². The van der Waals surface area contributed by atoms with Crippen LogP contribution in [0.2, 0.25) is 0 Å². The van der Waals surface area contributed by atoms with Crippen LogP contribution < -0.4 is 10.5 Å². The summed E-state index contributed by atoms with van der Waals surface area (Å²) in [6, 6.07) is 0. The van der Waals surface area contributed by atoms with E-state index in [0.717, 1.165) is 32.1 Å². The zero-order chi connectivity index (χ0) is 14.5. The van der Waals surface area contributed by atoms with E-state index in [1.807, 2.05) is 20.8 Å². The molecule has 6 heteroatoms. The molecule has 0 radical (unpaired) electrons. The minimum Gasteiger partial charge on any atom is -0.330 e. The summed E-state index contributed by atoms with van der Waals surface area (Å²) in [5, 5.41) is 0. The lowest BCUT2D eigenvalue weighted by Crippen LogP contribution is -2.55. The predicted molar refractivity (Wildman–Crippen MR) is 79.0 cm³/mol. The molecule has 0 aromatic rings. The lowest BCUT2D eigenvalue weighted by atomic mass is 9.91. The third-order valence-corrected chi connectivity index (χ3v) is 6.23. The Hall–Kier alpha value is -0.170. The molecule has 114 valence electrons. The van der Waals surface area contributed by atoms with Crippen LogP contribution >= 0.6 is 0 Å². The lowest BCUT2D eigenvalue weighted by Gasteiger charge is -2.37. The van der Waals surface area contributed by atoms with Gasteiger partial charge in [0, 0.05) is 18.6 Å². The molecule has 1 atom stereocenters. The summed E-state index contributed by atoms with van der Waals surface area (Å²) < 4.78 is 29.5. The van der Waals surface area contributed by atoms with E-state index < -0.39 is 10.2 Å². The fourth-order valence-electron chi connectivity index (χ4n) is 2.74. The van der Waals surface area contributed by atoms with Crippen LogP contribution in [0.4, 0.5) is 0 Å². The van der Waals surface area contributed by atoms with E-state index >= 15 is 0 Å². The number of piperidine rings is 1. The summed E-state index contributed by atoms with van der Waals surface area (Å²) >= 11 is 0. The van der Waals surface area contributed by atoms with Gasteiger partial charge in [-0.05, 0) is 44.6 Å². The van der Waals surface area contributed by atoms with Gasteiger partial charge < -0.3 is 5.73 Å². The van der Waals surface area contributed by atoms with Crippen molar-refractivity contribution >= 4 is 10.2 Å². The predicted octanol–water partition coefficient (Wildman–Crippen LogP) is 1.46. The SMILES string of the molecule is CCC(CC)(CC)NS(=O)(=O)N1CCCC(CN)C1. The van der Waals surface area contributed by atoms with Crippen LogP contribution in [0.5, 0.6) is 0 Å². The van der Waals surface area contributed by atoms with Gasteiger partial charge in [-0.25, -0.2) is 0 Å². The molecule has 1 aliphatic rings. The lowest BCUT2D eigenvalue weighted by molar-refractivity contribution is 0.256. The summed E-state index contributed by atoms with van der Waals surface area (Å²) in [7, 11) is -3.39. The molecule has 1 heterocycles. The Labute approximate surface area is 118 Å². The van der Waals surface area contributed by atoms with Gasteiger partial charge in [0.25, 0.3) is 10.2 Å². The Morgan fingerprint density at radius 1 is 1.26 bits per heavy atom. The summed E-state index contributed by atoms with van der Waals surface area (Å²) in [4.78, 5) is 0. The molecule has 1 aliphatic heterocycles. The van der Waals surface area contributed by atoms with Crippen LogP contribution in [0.3, 0.4) is 0 Å². The van der Waals surface area contributed by atoms with Crippen molar-refractivity contribution in [1.82, 2.24) is 9.03 Å². The van der Waals surface area contributed by atoms with E-state index in [4.69, 9.17) is 5.73 Å². The van der Waals surface area contributed by atoms with Crippen LogP contribution in [-0.2, 0) is 10.2 Å². The molecular formula is C13H29N3O2S. The molecule has 1 rings (SSSR count). The number of nitrogens with one attached hydrogen (secondary N) is 1. The maximum Gasteiger partial charge on any atom is 0.279 e. The number of nitrogens with two attached hydrogens (primary N) is 1. The van der Waals surface area contributed by atoms with Crippen LogP contribution in [0.25, 0.3) is 0 Å². The van der Waals surface area contributed by atoms with Gasteiger partial charge in [-0.2, -0.15) is 17.4 Å². The van der Waals surface area contributed by atoms with Gasteiger partial charge in [0.15, 0.2) is 0 Å². The van der Waals surface area contributed by atoms with Gasteiger partial charge in [0.05, 0.1) is 0 Å². The number of rotatable bonds is 7. The summed E-state index contributed by atoms with van der Waals surface area (Å²) in [5.41, 5.74) is 5.36. The first-order chi connectivity index (χ1) is 8.93. The standard InChI is InChI=1S/C13H29N3O2S/c1-4-13(5-2,6-3)15-19(17,18)16-9-7-8-12(10-14)11-16/h12,15H,4-11,14H2,1-3H3. The smallest absolute Gasteiger partial charge is 0.279 e. The quantitative estimate of drug-likeness (QED) is 0.745. The third-order valence-electron chi connectivity index (χ3n) is 4.53. The molecule has 1 saturated heterocycles. The minimum atomic E-state index is -3.39. The first-order valence-corrected chi connectivity index (χ1v) is 8.86.